The van der Waals surface area contributed by atoms with Gasteiger partial charge in [0.15, 0.2) is 6.29 Å². The Labute approximate surface area is 376 Å². The van der Waals surface area contributed by atoms with Crippen molar-refractivity contribution in [2.75, 3.05) is 13.2 Å². The van der Waals surface area contributed by atoms with Gasteiger partial charge in [-0.2, -0.15) is 0 Å². The largest absolute Gasteiger partial charge is 0.394 e. The first-order valence-electron chi connectivity index (χ1n) is 26.4. The van der Waals surface area contributed by atoms with Crippen molar-refractivity contribution < 1.29 is 39.8 Å². The molecule has 0 radical (unpaired) electrons. The third-order valence-electron chi connectivity index (χ3n) is 12.9. The van der Waals surface area contributed by atoms with Crippen LogP contribution in [0.4, 0.5) is 0 Å². The lowest BCUT2D eigenvalue weighted by Crippen LogP contribution is -2.60. The van der Waals surface area contributed by atoms with Crippen molar-refractivity contribution in [3.8, 4) is 0 Å². The number of ether oxygens (including phenoxy) is 2. The lowest BCUT2D eigenvalue weighted by atomic mass is 9.99. The standard InChI is InChI=1S/C52H101NO8/c1-3-5-7-9-11-13-15-17-19-21-22-23-24-26-28-30-32-34-36-38-40-42-48(56)53-45(44-60-52-51(59)50(58)49(57)47(43-54)61-52)46(55)41-39-37-35-33-31-29-27-25-20-18-16-14-12-10-8-6-4-2/h39,41,45-47,49-52,54-55,57-59H,3-38,40,42-44H2,1-2H3,(H,53,56)/b41-39+. The molecule has 1 heterocycles. The molecule has 1 aliphatic rings. The molecule has 1 rings (SSSR count). The van der Waals surface area contributed by atoms with Crippen LogP contribution in [0.15, 0.2) is 12.2 Å². The first kappa shape index (κ1) is 57.9. The minimum absolute atomic E-state index is 0.171. The second kappa shape index (κ2) is 42.9. The third-order valence-corrected chi connectivity index (χ3v) is 12.9. The fraction of sp³-hybridized carbons (Fsp3) is 0.942. The number of aliphatic hydroxyl groups is 5. The van der Waals surface area contributed by atoms with E-state index in [4.69, 9.17) is 9.47 Å². The van der Waals surface area contributed by atoms with Gasteiger partial charge in [-0.05, 0) is 19.3 Å². The number of hydrogen-bond donors (Lipinski definition) is 6. The van der Waals surface area contributed by atoms with Crippen LogP contribution in [0.1, 0.15) is 258 Å². The van der Waals surface area contributed by atoms with Gasteiger partial charge in [0.2, 0.25) is 5.91 Å². The normalized spacial score (nSPS) is 20.4. The summed E-state index contributed by atoms with van der Waals surface area (Å²) in [5, 5.41) is 54.4. The summed E-state index contributed by atoms with van der Waals surface area (Å²) in [6.45, 7) is 3.81. The molecule has 1 aliphatic heterocycles. The molecular formula is C52H101NO8. The Morgan fingerprint density at radius 1 is 0.541 bits per heavy atom. The number of nitrogens with one attached hydrogen (secondary N) is 1. The van der Waals surface area contributed by atoms with Crippen LogP contribution in [-0.2, 0) is 14.3 Å². The van der Waals surface area contributed by atoms with Crippen molar-refractivity contribution in [3.05, 3.63) is 12.2 Å². The highest BCUT2D eigenvalue weighted by molar-refractivity contribution is 5.76. The number of hydrogen-bond acceptors (Lipinski definition) is 8. The molecule has 1 amide bonds. The van der Waals surface area contributed by atoms with Crippen molar-refractivity contribution in [3.63, 3.8) is 0 Å². The van der Waals surface area contributed by atoms with E-state index in [2.05, 4.69) is 19.2 Å². The topological polar surface area (TPSA) is 149 Å². The molecule has 9 nitrogen and oxygen atoms in total. The van der Waals surface area contributed by atoms with Gasteiger partial charge in [0.05, 0.1) is 25.4 Å². The molecule has 7 unspecified atom stereocenters. The van der Waals surface area contributed by atoms with Crippen LogP contribution in [0.2, 0.25) is 0 Å². The van der Waals surface area contributed by atoms with Crippen LogP contribution >= 0.6 is 0 Å². The number of rotatable bonds is 45. The third kappa shape index (κ3) is 33.1. The zero-order chi connectivity index (χ0) is 44.4. The number of aliphatic hydroxyl groups excluding tert-OH is 5. The average molecular weight is 868 g/mol. The predicted octanol–water partition coefficient (Wildman–Crippen LogP) is 12.1. The Bertz CT molecular complexity index is 966. The molecule has 362 valence electrons. The fourth-order valence-corrected chi connectivity index (χ4v) is 8.63. The van der Waals surface area contributed by atoms with Gasteiger partial charge in [-0.3, -0.25) is 4.79 Å². The summed E-state index contributed by atoms with van der Waals surface area (Å²) < 4.78 is 11.2. The van der Waals surface area contributed by atoms with E-state index in [1.165, 1.54) is 199 Å². The molecule has 61 heavy (non-hydrogen) atoms. The first-order valence-corrected chi connectivity index (χ1v) is 26.4. The maximum atomic E-state index is 13.0. The van der Waals surface area contributed by atoms with Crippen LogP contribution in [0.25, 0.3) is 0 Å². The van der Waals surface area contributed by atoms with Gasteiger partial charge in [-0.15, -0.1) is 0 Å². The predicted molar refractivity (Wildman–Crippen MR) is 254 cm³/mol. The van der Waals surface area contributed by atoms with Gasteiger partial charge in [0.25, 0.3) is 0 Å². The van der Waals surface area contributed by atoms with Gasteiger partial charge in [0.1, 0.15) is 24.4 Å². The highest BCUT2D eigenvalue weighted by atomic mass is 16.7. The molecular weight excluding hydrogens is 767 g/mol. The van der Waals surface area contributed by atoms with E-state index in [-0.39, 0.29) is 12.5 Å². The molecule has 0 saturated carbocycles. The SMILES string of the molecule is CCCCCCCCCCCCCCCCC/C=C/C(O)C(COC1OC(CO)C(O)C(O)C1O)NC(=O)CCCCCCCCCCCCCCCCCCCCCCC. The first-order chi connectivity index (χ1) is 29.8. The maximum Gasteiger partial charge on any atom is 0.220 e. The summed E-state index contributed by atoms with van der Waals surface area (Å²) in [4.78, 5) is 13.0. The summed E-state index contributed by atoms with van der Waals surface area (Å²) in [6, 6.07) is -0.799. The van der Waals surface area contributed by atoms with Crippen LogP contribution in [-0.4, -0.2) is 87.5 Å². The minimum Gasteiger partial charge on any atom is -0.394 e. The molecule has 0 spiro atoms. The number of amides is 1. The molecule has 6 N–H and O–H groups in total. The van der Waals surface area contributed by atoms with Gasteiger partial charge in [-0.25, -0.2) is 0 Å². The summed E-state index contributed by atoms with van der Waals surface area (Å²) >= 11 is 0. The van der Waals surface area contributed by atoms with E-state index in [0.29, 0.717) is 6.42 Å². The molecule has 1 saturated heterocycles. The smallest absolute Gasteiger partial charge is 0.220 e. The van der Waals surface area contributed by atoms with Crippen LogP contribution < -0.4 is 5.32 Å². The molecule has 7 atom stereocenters. The quantitative estimate of drug-likeness (QED) is 0.0262. The zero-order valence-corrected chi connectivity index (χ0v) is 39.9. The molecule has 9 heteroatoms. The average Bonchev–Trinajstić information content (AvgIpc) is 3.26. The van der Waals surface area contributed by atoms with Gasteiger partial charge >= 0.3 is 0 Å². The van der Waals surface area contributed by atoms with E-state index < -0.39 is 49.5 Å². The van der Waals surface area contributed by atoms with Crippen molar-refractivity contribution in [2.45, 2.75) is 301 Å². The number of allylic oxidation sites excluding steroid dienone is 1. The second-order valence-corrected chi connectivity index (χ2v) is 18.7. The lowest BCUT2D eigenvalue weighted by molar-refractivity contribution is -0.302. The van der Waals surface area contributed by atoms with Crippen molar-refractivity contribution in [1.29, 1.82) is 0 Å². The summed E-state index contributed by atoms with van der Waals surface area (Å²) in [7, 11) is 0. The van der Waals surface area contributed by atoms with Gasteiger partial charge < -0.3 is 40.3 Å². The van der Waals surface area contributed by atoms with Crippen molar-refractivity contribution in [1.82, 2.24) is 5.32 Å². The summed E-state index contributed by atoms with van der Waals surface area (Å²) in [5.74, 6) is -0.171. The zero-order valence-electron chi connectivity index (χ0n) is 39.9. The monoisotopic (exact) mass is 868 g/mol. The van der Waals surface area contributed by atoms with Gasteiger partial charge in [0, 0.05) is 6.42 Å². The van der Waals surface area contributed by atoms with E-state index in [9.17, 15) is 30.3 Å². The highest BCUT2D eigenvalue weighted by Gasteiger charge is 2.44. The molecule has 0 aromatic rings. The number of carbonyl (C=O) groups excluding carboxylic acids is 1. The molecule has 0 aliphatic carbocycles. The minimum atomic E-state index is -1.56. The fourth-order valence-electron chi connectivity index (χ4n) is 8.63. The Balaban J connectivity index is 2.26. The Kier molecular flexibility index (Phi) is 40.7. The Morgan fingerprint density at radius 2 is 0.902 bits per heavy atom. The Hall–Kier alpha value is -1.07. The molecule has 0 bridgehead atoms. The summed E-state index contributed by atoms with van der Waals surface area (Å²) in [6.07, 6.45) is 44.0. The molecule has 1 fully saturated rings. The molecule has 0 aromatic heterocycles. The summed E-state index contributed by atoms with van der Waals surface area (Å²) in [5.41, 5.74) is 0. The Morgan fingerprint density at radius 3 is 1.28 bits per heavy atom. The van der Waals surface area contributed by atoms with E-state index >= 15 is 0 Å². The number of unbranched alkanes of at least 4 members (excludes halogenated alkanes) is 35. The van der Waals surface area contributed by atoms with Crippen LogP contribution in [0, 0.1) is 0 Å². The highest BCUT2D eigenvalue weighted by Crippen LogP contribution is 2.23. The lowest BCUT2D eigenvalue weighted by Gasteiger charge is -2.40. The molecule has 0 aromatic carbocycles. The number of carbonyl (C=O) groups is 1. The van der Waals surface area contributed by atoms with Crippen LogP contribution in [0.3, 0.4) is 0 Å². The van der Waals surface area contributed by atoms with E-state index in [0.717, 1.165) is 38.5 Å². The second-order valence-electron chi connectivity index (χ2n) is 18.7. The van der Waals surface area contributed by atoms with Crippen molar-refractivity contribution >= 4 is 5.91 Å². The van der Waals surface area contributed by atoms with E-state index in [1.807, 2.05) is 6.08 Å². The van der Waals surface area contributed by atoms with Crippen LogP contribution in [0.5, 0.6) is 0 Å². The van der Waals surface area contributed by atoms with E-state index in [1.54, 1.807) is 6.08 Å². The maximum absolute atomic E-state index is 13.0. The van der Waals surface area contributed by atoms with Gasteiger partial charge in [-0.1, -0.05) is 244 Å². The van der Waals surface area contributed by atoms with Crippen molar-refractivity contribution in [2.24, 2.45) is 0 Å².